The van der Waals surface area contributed by atoms with E-state index < -0.39 is 10.0 Å². The number of halogens is 1. The molecular formula is C14H20ClNO3S. The number of nitrogens with zero attached hydrogens (tertiary/aromatic N) is 1. The van der Waals surface area contributed by atoms with E-state index in [2.05, 4.69) is 0 Å². The molecule has 0 saturated carbocycles. The Balaban J connectivity index is 2.20. The molecule has 0 N–H and O–H groups in total. The van der Waals surface area contributed by atoms with Gasteiger partial charge in [0.15, 0.2) is 0 Å². The van der Waals surface area contributed by atoms with Crippen molar-refractivity contribution in [2.24, 2.45) is 5.92 Å². The minimum Gasteiger partial charge on any atom is -0.381 e. The Morgan fingerprint density at radius 1 is 1.40 bits per heavy atom. The lowest BCUT2D eigenvalue weighted by Gasteiger charge is -2.33. The Bertz CT molecular complexity index is 559. The van der Waals surface area contributed by atoms with E-state index in [0.29, 0.717) is 31.1 Å². The lowest BCUT2D eigenvalue weighted by Crippen LogP contribution is -2.44. The molecule has 112 valence electrons. The number of ether oxygens (including phenoxy) is 1. The van der Waals surface area contributed by atoms with E-state index in [1.807, 2.05) is 24.3 Å². The van der Waals surface area contributed by atoms with Crippen LogP contribution in [0.4, 0.5) is 0 Å². The number of benzene rings is 1. The molecule has 1 saturated heterocycles. The summed E-state index contributed by atoms with van der Waals surface area (Å²) in [4.78, 5) is 0. The zero-order valence-corrected chi connectivity index (χ0v) is 13.3. The normalized spacial score (nSPS) is 24.0. The molecule has 0 bridgehead atoms. The average Bonchev–Trinajstić information content (AvgIpc) is 2.39. The van der Waals surface area contributed by atoms with Gasteiger partial charge in [0, 0.05) is 31.6 Å². The Hall–Kier alpha value is -0.620. The Kier molecular flexibility index (Phi) is 5.07. The van der Waals surface area contributed by atoms with Gasteiger partial charge in [-0.1, -0.05) is 23.7 Å². The predicted octanol–water partition coefficient (Wildman–Crippen LogP) is 2.18. The SMILES string of the molecule is CN(C)S(=O)(=O)[C@H]1CCOC[C@@H]1Cc1cccc(Cl)c1. The van der Waals surface area contributed by atoms with Crippen molar-refractivity contribution in [1.82, 2.24) is 4.31 Å². The maximum absolute atomic E-state index is 12.4. The maximum atomic E-state index is 12.4. The second-order valence-corrected chi connectivity index (χ2v) is 8.13. The van der Waals surface area contributed by atoms with Crippen LogP contribution >= 0.6 is 11.6 Å². The van der Waals surface area contributed by atoms with Crippen molar-refractivity contribution >= 4 is 21.6 Å². The number of hydrogen-bond acceptors (Lipinski definition) is 3. The summed E-state index contributed by atoms with van der Waals surface area (Å²) >= 11 is 5.98. The highest BCUT2D eigenvalue weighted by Gasteiger charge is 2.37. The molecule has 1 aromatic carbocycles. The first-order chi connectivity index (χ1) is 9.41. The van der Waals surface area contributed by atoms with Crippen molar-refractivity contribution in [3.05, 3.63) is 34.9 Å². The summed E-state index contributed by atoms with van der Waals surface area (Å²) in [7, 11) is -0.0899. The van der Waals surface area contributed by atoms with Crippen LogP contribution < -0.4 is 0 Å². The summed E-state index contributed by atoms with van der Waals surface area (Å²) < 4.78 is 31.6. The van der Waals surface area contributed by atoms with Gasteiger partial charge in [0.25, 0.3) is 0 Å². The fraction of sp³-hybridized carbons (Fsp3) is 0.571. The third-order valence-electron chi connectivity index (χ3n) is 3.68. The molecule has 2 rings (SSSR count). The van der Waals surface area contributed by atoms with Crippen LogP contribution in [-0.4, -0.2) is 45.3 Å². The molecule has 0 amide bonds. The van der Waals surface area contributed by atoms with Gasteiger partial charge in [-0.2, -0.15) is 0 Å². The molecular weight excluding hydrogens is 298 g/mol. The fourth-order valence-electron chi connectivity index (χ4n) is 2.60. The highest BCUT2D eigenvalue weighted by molar-refractivity contribution is 7.89. The maximum Gasteiger partial charge on any atom is 0.216 e. The summed E-state index contributed by atoms with van der Waals surface area (Å²) in [5, 5.41) is 0.288. The van der Waals surface area contributed by atoms with Gasteiger partial charge in [0.2, 0.25) is 10.0 Å². The van der Waals surface area contributed by atoms with Crippen LogP contribution in [-0.2, 0) is 21.2 Å². The molecule has 2 atom stereocenters. The first-order valence-electron chi connectivity index (χ1n) is 6.65. The monoisotopic (exact) mass is 317 g/mol. The largest absolute Gasteiger partial charge is 0.381 e. The number of rotatable bonds is 4. The fourth-order valence-corrected chi connectivity index (χ4v) is 4.41. The zero-order chi connectivity index (χ0) is 14.8. The Labute approximate surface area is 125 Å². The molecule has 0 radical (unpaired) electrons. The third-order valence-corrected chi connectivity index (χ3v) is 6.32. The van der Waals surface area contributed by atoms with Crippen LogP contribution in [0, 0.1) is 5.92 Å². The lowest BCUT2D eigenvalue weighted by atomic mass is 9.94. The summed E-state index contributed by atoms with van der Waals surface area (Å²) in [5.41, 5.74) is 1.05. The molecule has 20 heavy (non-hydrogen) atoms. The molecule has 1 fully saturated rings. The van der Waals surface area contributed by atoms with Gasteiger partial charge < -0.3 is 4.74 Å². The molecule has 0 unspecified atom stereocenters. The summed E-state index contributed by atoms with van der Waals surface area (Å²) in [6.45, 7) is 0.980. The molecule has 6 heteroatoms. The topological polar surface area (TPSA) is 46.6 Å². The molecule has 4 nitrogen and oxygen atoms in total. The van der Waals surface area contributed by atoms with E-state index in [-0.39, 0.29) is 11.2 Å². The molecule has 1 aromatic rings. The third kappa shape index (κ3) is 3.52. The van der Waals surface area contributed by atoms with E-state index in [1.165, 1.54) is 4.31 Å². The van der Waals surface area contributed by atoms with Crippen molar-refractivity contribution < 1.29 is 13.2 Å². The quantitative estimate of drug-likeness (QED) is 0.855. The molecule has 0 aromatic heterocycles. The van der Waals surface area contributed by atoms with Crippen molar-refractivity contribution in [3.63, 3.8) is 0 Å². The second-order valence-electron chi connectivity index (χ2n) is 5.32. The Morgan fingerprint density at radius 2 is 2.15 bits per heavy atom. The van der Waals surface area contributed by atoms with Gasteiger partial charge in [-0.25, -0.2) is 12.7 Å². The summed E-state index contributed by atoms with van der Waals surface area (Å²) in [6, 6.07) is 7.56. The first-order valence-corrected chi connectivity index (χ1v) is 8.53. The van der Waals surface area contributed by atoms with Gasteiger partial charge in [-0.05, 0) is 30.5 Å². The highest BCUT2D eigenvalue weighted by Crippen LogP contribution is 2.27. The lowest BCUT2D eigenvalue weighted by molar-refractivity contribution is 0.0563. The predicted molar refractivity (Wildman–Crippen MR) is 80.5 cm³/mol. The van der Waals surface area contributed by atoms with Crippen LogP contribution in [0.25, 0.3) is 0 Å². The van der Waals surface area contributed by atoms with Crippen molar-refractivity contribution in [2.45, 2.75) is 18.1 Å². The van der Waals surface area contributed by atoms with Crippen molar-refractivity contribution in [3.8, 4) is 0 Å². The van der Waals surface area contributed by atoms with E-state index in [0.717, 1.165) is 5.56 Å². The minimum absolute atomic E-state index is 0.0328. The van der Waals surface area contributed by atoms with E-state index >= 15 is 0 Å². The van der Waals surface area contributed by atoms with Crippen molar-refractivity contribution in [1.29, 1.82) is 0 Å². The van der Waals surface area contributed by atoms with Crippen molar-refractivity contribution in [2.75, 3.05) is 27.3 Å². The van der Waals surface area contributed by atoms with E-state index in [1.54, 1.807) is 14.1 Å². The molecule has 0 spiro atoms. The standard InChI is InChI=1S/C14H20ClNO3S/c1-16(2)20(17,18)14-6-7-19-10-12(14)8-11-4-3-5-13(15)9-11/h3-5,9,12,14H,6-8,10H2,1-2H3/t12-,14-/m0/s1. The van der Waals surface area contributed by atoms with Crippen LogP contribution in [0.15, 0.2) is 24.3 Å². The summed E-state index contributed by atoms with van der Waals surface area (Å²) in [5.74, 6) is -0.0328. The highest BCUT2D eigenvalue weighted by atomic mass is 35.5. The molecule has 0 aliphatic carbocycles. The van der Waals surface area contributed by atoms with Crippen LogP contribution in [0.2, 0.25) is 5.02 Å². The average molecular weight is 318 g/mol. The molecule has 1 aliphatic heterocycles. The van der Waals surface area contributed by atoms with Crippen LogP contribution in [0.5, 0.6) is 0 Å². The van der Waals surface area contributed by atoms with Gasteiger partial charge in [-0.15, -0.1) is 0 Å². The zero-order valence-electron chi connectivity index (χ0n) is 11.8. The number of hydrogen-bond donors (Lipinski definition) is 0. The first kappa shape index (κ1) is 15.8. The second kappa shape index (κ2) is 6.43. The number of sulfonamides is 1. The van der Waals surface area contributed by atoms with Gasteiger partial charge in [0.05, 0.1) is 11.9 Å². The Morgan fingerprint density at radius 3 is 2.80 bits per heavy atom. The van der Waals surface area contributed by atoms with E-state index in [4.69, 9.17) is 16.3 Å². The van der Waals surface area contributed by atoms with E-state index in [9.17, 15) is 8.42 Å². The smallest absolute Gasteiger partial charge is 0.216 e. The molecule has 1 heterocycles. The van der Waals surface area contributed by atoms with Gasteiger partial charge in [0.1, 0.15) is 0 Å². The van der Waals surface area contributed by atoms with Crippen LogP contribution in [0.3, 0.4) is 0 Å². The van der Waals surface area contributed by atoms with Gasteiger partial charge in [-0.3, -0.25) is 0 Å². The van der Waals surface area contributed by atoms with Crippen LogP contribution in [0.1, 0.15) is 12.0 Å². The van der Waals surface area contributed by atoms with Gasteiger partial charge >= 0.3 is 0 Å². The molecule has 1 aliphatic rings. The minimum atomic E-state index is -3.26. The summed E-state index contributed by atoms with van der Waals surface area (Å²) in [6.07, 6.45) is 1.21.